The first-order chi connectivity index (χ1) is 7.36. The maximum Gasteiger partial charge on any atom is 0.223 e. The van der Waals surface area contributed by atoms with Crippen molar-refractivity contribution in [1.29, 1.82) is 0 Å². The van der Waals surface area contributed by atoms with Crippen LogP contribution in [0.25, 0.3) is 0 Å². The lowest BCUT2D eigenvalue weighted by atomic mass is 10.0. The van der Waals surface area contributed by atoms with Crippen LogP contribution in [0.2, 0.25) is 0 Å². The van der Waals surface area contributed by atoms with Crippen molar-refractivity contribution < 1.29 is 9.53 Å². The fourth-order valence-electron chi connectivity index (χ4n) is 2.12. The van der Waals surface area contributed by atoms with Crippen molar-refractivity contribution in [1.82, 2.24) is 5.32 Å². The molecule has 2 fully saturated rings. The van der Waals surface area contributed by atoms with Gasteiger partial charge in [0.25, 0.3) is 0 Å². The molecule has 15 heavy (non-hydrogen) atoms. The van der Waals surface area contributed by atoms with Crippen molar-refractivity contribution in [3.63, 3.8) is 0 Å². The summed E-state index contributed by atoms with van der Waals surface area (Å²) in [6, 6.07) is 0.362. The van der Waals surface area contributed by atoms with E-state index in [9.17, 15) is 4.79 Å². The molecule has 0 atom stereocenters. The number of nitrogens with one attached hydrogen (secondary N) is 1. The monoisotopic (exact) mass is 229 g/mol. The molecule has 1 N–H and O–H groups in total. The minimum Gasteiger partial charge on any atom is -0.381 e. The second-order valence-electron chi connectivity index (χ2n) is 4.28. The van der Waals surface area contributed by atoms with Gasteiger partial charge in [0.05, 0.1) is 0 Å². The Kier molecular flexibility index (Phi) is 4.32. The number of ether oxygens (including phenoxy) is 1. The van der Waals surface area contributed by atoms with E-state index in [0.29, 0.717) is 6.04 Å². The van der Waals surface area contributed by atoms with Crippen molar-refractivity contribution >= 4 is 17.7 Å². The van der Waals surface area contributed by atoms with Crippen LogP contribution in [-0.4, -0.2) is 36.7 Å². The van der Waals surface area contributed by atoms with Gasteiger partial charge in [-0.25, -0.2) is 0 Å². The Hall–Kier alpha value is -0.220. The molecule has 1 amide bonds. The molecule has 0 bridgehead atoms. The zero-order chi connectivity index (χ0) is 10.5. The molecule has 0 aromatic carbocycles. The predicted octanol–water partition coefficient (Wildman–Crippen LogP) is 1.42. The molecule has 4 heteroatoms. The number of amides is 1. The fraction of sp³-hybridized carbons (Fsp3) is 0.909. The van der Waals surface area contributed by atoms with E-state index in [4.69, 9.17) is 4.74 Å². The summed E-state index contributed by atoms with van der Waals surface area (Å²) in [5.41, 5.74) is 0. The largest absolute Gasteiger partial charge is 0.381 e. The molecule has 2 aliphatic heterocycles. The van der Waals surface area contributed by atoms with Gasteiger partial charge < -0.3 is 10.1 Å². The molecule has 0 spiro atoms. The summed E-state index contributed by atoms with van der Waals surface area (Å²) in [4.78, 5) is 11.9. The first kappa shape index (κ1) is 11.3. The molecular weight excluding hydrogens is 210 g/mol. The van der Waals surface area contributed by atoms with Crippen LogP contribution in [0.4, 0.5) is 0 Å². The average molecular weight is 229 g/mol. The van der Waals surface area contributed by atoms with Crippen molar-refractivity contribution in [2.24, 2.45) is 5.92 Å². The third-order valence-electron chi connectivity index (χ3n) is 3.16. The number of hydrogen-bond donors (Lipinski definition) is 1. The highest BCUT2D eigenvalue weighted by molar-refractivity contribution is 7.99. The molecule has 0 aliphatic carbocycles. The van der Waals surface area contributed by atoms with E-state index in [-0.39, 0.29) is 11.8 Å². The van der Waals surface area contributed by atoms with E-state index in [0.717, 1.165) is 50.4 Å². The third kappa shape index (κ3) is 3.38. The van der Waals surface area contributed by atoms with Crippen LogP contribution >= 0.6 is 11.8 Å². The Morgan fingerprint density at radius 1 is 1.13 bits per heavy atom. The minimum absolute atomic E-state index is 0.272. The van der Waals surface area contributed by atoms with Gasteiger partial charge in [0.15, 0.2) is 0 Å². The summed E-state index contributed by atoms with van der Waals surface area (Å²) in [5, 5.41) is 3.16. The molecule has 2 saturated heterocycles. The summed E-state index contributed by atoms with van der Waals surface area (Å²) >= 11 is 1.96. The molecule has 86 valence electrons. The number of carbonyl (C=O) groups is 1. The van der Waals surface area contributed by atoms with E-state index >= 15 is 0 Å². The van der Waals surface area contributed by atoms with Crippen LogP contribution in [-0.2, 0) is 9.53 Å². The van der Waals surface area contributed by atoms with Gasteiger partial charge >= 0.3 is 0 Å². The number of hydrogen-bond acceptors (Lipinski definition) is 3. The Morgan fingerprint density at radius 3 is 2.47 bits per heavy atom. The topological polar surface area (TPSA) is 38.3 Å². The van der Waals surface area contributed by atoms with E-state index in [1.807, 2.05) is 11.8 Å². The van der Waals surface area contributed by atoms with Gasteiger partial charge in [-0.2, -0.15) is 11.8 Å². The third-order valence-corrected chi connectivity index (χ3v) is 4.21. The van der Waals surface area contributed by atoms with Gasteiger partial charge in [0.2, 0.25) is 5.91 Å². The minimum atomic E-state index is 0.272. The zero-order valence-corrected chi connectivity index (χ0v) is 9.85. The first-order valence-corrected chi connectivity index (χ1v) is 6.97. The molecule has 3 nitrogen and oxygen atoms in total. The zero-order valence-electron chi connectivity index (χ0n) is 9.04. The van der Waals surface area contributed by atoms with Crippen molar-refractivity contribution in [2.45, 2.75) is 31.7 Å². The molecular formula is C11H19NO2S. The SMILES string of the molecule is O=C(NC1CCOCC1)C1CCSCC1. The van der Waals surface area contributed by atoms with Crippen LogP contribution in [0.3, 0.4) is 0 Å². The number of rotatable bonds is 2. The molecule has 0 aromatic heterocycles. The molecule has 2 rings (SSSR count). The van der Waals surface area contributed by atoms with E-state index < -0.39 is 0 Å². The Bertz CT molecular complexity index is 211. The first-order valence-electron chi connectivity index (χ1n) is 5.82. The van der Waals surface area contributed by atoms with Gasteiger partial charge in [-0.15, -0.1) is 0 Å². The van der Waals surface area contributed by atoms with Crippen LogP contribution in [0.5, 0.6) is 0 Å². The standard InChI is InChI=1S/C11H19NO2S/c13-11(9-3-7-15-8-4-9)12-10-1-5-14-6-2-10/h9-10H,1-8H2,(H,12,13). The smallest absolute Gasteiger partial charge is 0.223 e. The van der Waals surface area contributed by atoms with E-state index in [1.54, 1.807) is 0 Å². The lowest BCUT2D eigenvalue weighted by molar-refractivity contribution is -0.126. The molecule has 2 heterocycles. The molecule has 0 saturated carbocycles. The molecule has 2 aliphatic rings. The second kappa shape index (κ2) is 5.75. The summed E-state index contributed by atoms with van der Waals surface area (Å²) < 4.78 is 5.27. The van der Waals surface area contributed by atoms with Crippen LogP contribution < -0.4 is 5.32 Å². The summed E-state index contributed by atoms with van der Waals surface area (Å²) in [5.74, 6) is 2.84. The summed E-state index contributed by atoms with van der Waals surface area (Å²) in [7, 11) is 0. The normalized spacial score (nSPS) is 25.1. The number of thioether (sulfide) groups is 1. The Balaban J connectivity index is 1.74. The maximum atomic E-state index is 11.9. The van der Waals surface area contributed by atoms with Gasteiger partial charge in [0, 0.05) is 25.2 Å². The Morgan fingerprint density at radius 2 is 1.80 bits per heavy atom. The van der Waals surface area contributed by atoms with E-state index in [2.05, 4.69) is 5.32 Å². The van der Waals surface area contributed by atoms with Crippen LogP contribution in [0.1, 0.15) is 25.7 Å². The summed E-state index contributed by atoms with van der Waals surface area (Å²) in [6.45, 7) is 1.59. The second-order valence-corrected chi connectivity index (χ2v) is 5.51. The van der Waals surface area contributed by atoms with Crippen molar-refractivity contribution in [3.8, 4) is 0 Å². The molecule has 0 aromatic rings. The molecule has 0 radical (unpaired) electrons. The lowest BCUT2D eigenvalue weighted by Gasteiger charge is -2.27. The highest BCUT2D eigenvalue weighted by Crippen LogP contribution is 2.23. The Labute approximate surface area is 95.3 Å². The predicted molar refractivity (Wildman–Crippen MR) is 62.0 cm³/mol. The number of carbonyl (C=O) groups excluding carboxylic acids is 1. The molecule has 0 unspecified atom stereocenters. The van der Waals surface area contributed by atoms with E-state index in [1.165, 1.54) is 0 Å². The van der Waals surface area contributed by atoms with Crippen LogP contribution in [0, 0.1) is 5.92 Å². The highest BCUT2D eigenvalue weighted by Gasteiger charge is 2.24. The maximum absolute atomic E-state index is 11.9. The van der Waals surface area contributed by atoms with Crippen molar-refractivity contribution in [2.75, 3.05) is 24.7 Å². The highest BCUT2D eigenvalue weighted by atomic mass is 32.2. The van der Waals surface area contributed by atoms with Gasteiger partial charge in [-0.05, 0) is 37.2 Å². The fourth-order valence-corrected chi connectivity index (χ4v) is 3.23. The van der Waals surface area contributed by atoms with Gasteiger partial charge in [0.1, 0.15) is 0 Å². The lowest BCUT2D eigenvalue weighted by Crippen LogP contribution is -2.42. The summed E-state index contributed by atoms with van der Waals surface area (Å²) in [6.07, 6.45) is 4.07. The quantitative estimate of drug-likeness (QED) is 0.778. The van der Waals surface area contributed by atoms with Gasteiger partial charge in [-0.3, -0.25) is 4.79 Å². The average Bonchev–Trinajstić information content (AvgIpc) is 2.31. The van der Waals surface area contributed by atoms with Crippen molar-refractivity contribution in [3.05, 3.63) is 0 Å². The van der Waals surface area contributed by atoms with Gasteiger partial charge in [-0.1, -0.05) is 0 Å². The van der Waals surface area contributed by atoms with Crippen LogP contribution in [0.15, 0.2) is 0 Å².